The zero-order valence-corrected chi connectivity index (χ0v) is 11.9. The molecule has 0 N–H and O–H groups in total. The third-order valence-electron chi connectivity index (χ3n) is 3.76. The predicted octanol–water partition coefficient (Wildman–Crippen LogP) is 2.10. The maximum absolute atomic E-state index is 12.1. The van der Waals surface area contributed by atoms with E-state index in [1.807, 2.05) is 18.4 Å². The van der Waals surface area contributed by atoms with E-state index in [1.165, 1.54) is 0 Å². The van der Waals surface area contributed by atoms with Gasteiger partial charge in [-0.1, -0.05) is 6.42 Å². The van der Waals surface area contributed by atoms with Crippen LogP contribution in [0.5, 0.6) is 0 Å². The van der Waals surface area contributed by atoms with Crippen molar-refractivity contribution in [3.8, 4) is 6.07 Å². The average molecular weight is 262 g/mol. The standard InChI is InChI=1S/C14H22N4O/c1-14(2,11-15)8-4-6-10-18-13(19)17-9-5-3-7-12(17)16-18/h3-10H2,1-2H3. The van der Waals surface area contributed by atoms with Crippen molar-refractivity contribution in [1.29, 1.82) is 5.26 Å². The molecule has 0 bridgehead atoms. The molecule has 2 heterocycles. The minimum absolute atomic E-state index is 0.0363. The molecule has 0 aliphatic carbocycles. The van der Waals surface area contributed by atoms with Crippen LogP contribution in [0.25, 0.3) is 0 Å². The highest BCUT2D eigenvalue weighted by molar-refractivity contribution is 4.92. The van der Waals surface area contributed by atoms with Crippen molar-refractivity contribution in [1.82, 2.24) is 14.3 Å². The third kappa shape index (κ3) is 3.25. The van der Waals surface area contributed by atoms with Gasteiger partial charge in [0.15, 0.2) is 0 Å². The van der Waals surface area contributed by atoms with Gasteiger partial charge in [0.05, 0.1) is 11.5 Å². The molecule has 1 aromatic heterocycles. The van der Waals surface area contributed by atoms with Crippen LogP contribution in [0.1, 0.15) is 51.8 Å². The van der Waals surface area contributed by atoms with Crippen molar-refractivity contribution in [2.24, 2.45) is 5.41 Å². The van der Waals surface area contributed by atoms with E-state index in [-0.39, 0.29) is 11.1 Å². The molecule has 104 valence electrons. The summed E-state index contributed by atoms with van der Waals surface area (Å²) in [5.41, 5.74) is -0.229. The van der Waals surface area contributed by atoms with Gasteiger partial charge in [-0.3, -0.25) is 4.57 Å². The van der Waals surface area contributed by atoms with Gasteiger partial charge in [-0.25, -0.2) is 9.48 Å². The first-order chi connectivity index (χ1) is 9.03. The molecule has 0 amide bonds. The Morgan fingerprint density at radius 1 is 1.37 bits per heavy atom. The van der Waals surface area contributed by atoms with Crippen LogP contribution in [-0.4, -0.2) is 14.3 Å². The van der Waals surface area contributed by atoms with Gasteiger partial charge in [0, 0.05) is 19.5 Å². The van der Waals surface area contributed by atoms with Crippen molar-refractivity contribution >= 4 is 0 Å². The molecule has 0 fully saturated rings. The van der Waals surface area contributed by atoms with Crippen molar-refractivity contribution in [2.75, 3.05) is 0 Å². The van der Waals surface area contributed by atoms with Crippen molar-refractivity contribution in [3.63, 3.8) is 0 Å². The largest absolute Gasteiger partial charge is 0.345 e. The smallest absolute Gasteiger partial charge is 0.279 e. The van der Waals surface area contributed by atoms with Gasteiger partial charge in [-0.05, 0) is 39.5 Å². The number of hydrogen-bond acceptors (Lipinski definition) is 3. The number of aryl methyl sites for hydroxylation is 2. The van der Waals surface area contributed by atoms with Gasteiger partial charge in [0.1, 0.15) is 5.82 Å². The molecule has 0 unspecified atom stereocenters. The fourth-order valence-corrected chi connectivity index (χ4v) is 2.48. The second kappa shape index (κ2) is 5.60. The molecular formula is C14H22N4O. The first-order valence-electron chi connectivity index (χ1n) is 7.11. The average Bonchev–Trinajstić information content (AvgIpc) is 2.72. The lowest BCUT2D eigenvalue weighted by atomic mass is 9.89. The first kappa shape index (κ1) is 13.9. The summed E-state index contributed by atoms with van der Waals surface area (Å²) in [6, 6.07) is 2.30. The van der Waals surface area contributed by atoms with E-state index in [9.17, 15) is 4.79 Å². The zero-order valence-electron chi connectivity index (χ0n) is 11.9. The summed E-state index contributed by atoms with van der Waals surface area (Å²) in [5.74, 6) is 0.939. The summed E-state index contributed by atoms with van der Waals surface area (Å²) in [6.45, 7) is 5.39. The van der Waals surface area contributed by atoms with Crippen LogP contribution in [-0.2, 0) is 19.5 Å². The molecule has 0 spiro atoms. The van der Waals surface area contributed by atoms with Gasteiger partial charge in [0.25, 0.3) is 0 Å². The molecule has 1 aliphatic rings. The fraction of sp³-hybridized carbons (Fsp3) is 0.786. The van der Waals surface area contributed by atoms with Crippen LogP contribution in [0.15, 0.2) is 4.79 Å². The van der Waals surface area contributed by atoms with E-state index >= 15 is 0 Å². The number of fused-ring (bicyclic) bond motifs is 1. The van der Waals surface area contributed by atoms with E-state index in [4.69, 9.17) is 5.26 Å². The summed E-state index contributed by atoms with van der Waals surface area (Å²) in [7, 11) is 0. The number of hydrogen-bond donors (Lipinski definition) is 0. The topological polar surface area (TPSA) is 63.6 Å². The molecule has 0 saturated carbocycles. The Labute approximate surface area is 113 Å². The molecule has 0 saturated heterocycles. The SMILES string of the molecule is CC(C)(C#N)CCCCn1nc2n(c1=O)CCCC2. The lowest BCUT2D eigenvalue weighted by Crippen LogP contribution is -2.27. The molecule has 0 atom stereocenters. The second-order valence-electron chi connectivity index (χ2n) is 5.98. The van der Waals surface area contributed by atoms with E-state index in [2.05, 4.69) is 11.2 Å². The third-order valence-corrected chi connectivity index (χ3v) is 3.76. The summed E-state index contributed by atoms with van der Waals surface area (Å²) >= 11 is 0. The number of aromatic nitrogens is 3. The molecule has 2 rings (SSSR count). The first-order valence-corrected chi connectivity index (χ1v) is 7.11. The van der Waals surface area contributed by atoms with Crippen LogP contribution in [0.4, 0.5) is 0 Å². The molecule has 5 heteroatoms. The Morgan fingerprint density at radius 2 is 2.16 bits per heavy atom. The summed E-state index contributed by atoms with van der Waals surface area (Å²) in [6.07, 6.45) is 5.86. The van der Waals surface area contributed by atoms with Crippen LogP contribution in [0.3, 0.4) is 0 Å². The number of nitrogens with zero attached hydrogens (tertiary/aromatic N) is 4. The van der Waals surface area contributed by atoms with Crippen LogP contribution in [0, 0.1) is 16.7 Å². The molecule has 1 aliphatic heterocycles. The highest BCUT2D eigenvalue weighted by Crippen LogP contribution is 2.21. The van der Waals surface area contributed by atoms with Crippen molar-refractivity contribution in [2.45, 2.75) is 65.5 Å². The van der Waals surface area contributed by atoms with E-state index in [1.54, 1.807) is 4.68 Å². The molecular weight excluding hydrogens is 240 g/mol. The monoisotopic (exact) mass is 262 g/mol. The Kier molecular flexibility index (Phi) is 4.08. The van der Waals surface area contributed by atoms with Gasteiger partial charge in [0.2, 0.25) is 0 Å². The van der Waals surface area contributed by atoms with Crippen molar-refractivity contribution in [3.05, 3.63) is 16.3 Å². The van der Waals surface area contributed by atoms with Crippen LogP contribution < -0.4 is 5.69 Å². The van der Waals surface area contributed by atoms with Gasteiger partial charge >= 0.3 is 5.69 Å². The summed E-state index contributed by atoms with van der Waals surface area (Å²) in [5, 5.41) is 13.4. The second-order valence-corrected chi connectivity index (χ2v) is 5.98. The highest BCUT2D eigenvalue weighted by atomic mass is 16.2. The Bertz CT molecular complexity index is 533. The minimum Gasteiger partial charge on any atom is -0.279 e. The lowest BCUT2D eigenvalue weighted by molar-refractivity contribution is 0.409. The Balaban J connectivity index is 1.89. The molecule has 19 heavy (non-hydrogen) atoms. The van der Waals surface area contributed by atoms with Crippen LogP contribution >= 0.6 is 0 Å². The Morgan fingerprint density at radius 3 is 2.84 bits per heavy atom. The molecule has 0 aromatic carbocycles. The predicted molar refractivity (Wildman–Crippen MR) is 72.7 cm³/mol. The van der Waals surface area contributed by atoms with E-state index in [0.717, 1.165) is 50.9 Å². The van der Waals surface area contributed by atoms with Crippen molar-refractivity contribution < 1.29 is 0 Å². The number of nitriles is 1. The van der Waals surface area contributed by atoms with Gasteiger partial charge in [-0.2, -0.15) is 10.4 Å². The fourth-order valence-electron chi connectivity index (χ4n) is 2.48. The van der Waals surface area contributed by atoms with Gasteiger partial charge < -0.3 is 0 Å². The maximum atomic E-state index is 12.1. The van der Waals surface area contributed by atoms with Gasteiger partial charge in [-0.15, -0.1) is 0 Å². The summed E-state index contributed by atoms with van der Waals surface area (Å²) in [4.78, 5) is 12.1. The normalized spacial score (nSPS) is 15.0. The van der Waals surface area contributed by atoms with E-state index in [0.29, 0.717) is 6.54 Å². The highest BCUT2D eigenvalue weighted by Gasteiger charge is 2.18. The number of rotatable bonds is 5. The molecule has 1 aromatic rings. The quantitative estimate of drug-likeness (QED) is 0.763. The number of unbranched alkanes of at least 4 members (excludes halogenated alkanes) is 1. The minimum atomic E-state index is -0.265. The van der Waals surface area contributed by atoms with E-state index < -0.39 is 0 Å². The molecule has 0 radical (unpaired) electrons. The van der Waals surface area contributed by atoms with Crippen LogP contribution in [0.2, 0.25) is 0 Å². The molecule has 5 nitrogen and oxygen atoms in total. The summed E-state index contributed by atoms with van der Waals surface area (Å²) < 4.78 is 3.41. The maximum Gasteiger partial charge on any atom is 0.345 e. The lowest BCUT2D eigenvalue weighted by Gasteiger charge is -2.13. The Hall–Kier alpha value is -1.57. The zero-order chi connectivity index (χ0) is 13.9.